The molecule has 0 aliphatic carbocycles. The number of halogens is 2. The van der Waals surface area contributed by atoms with Gasteiger partial charge in [0.25, 0.3) is 0 Å². The summed E-state index contributed by atoms with van der Waals surface area (Å²) in [6.07, 6.45) is 6.61. The van der Waals surface area contributed by atoms with Crippen molar-refractivity contribution in [3.05, 3.63) is 60.2 Å². The van der Waals surface area contributed by atoms with Gasteiger partial charge in [0, 0.05) is 38.1 Å². The minimum Gasteiger partial charge on any atom is -0.365 e. The first-order chi connectivity index (χ1) is 14.3. The quantitative estimate of drug-likeness (QED) is 0.679. The Hall–Kier alpha value is -1.75. The van der Waals surface area contributed by atoms with Gasteiger partial charge in [-0.3, -0.25) is 4.79 Å². The molecule has 5 rings (SSSR count). The van der Waals surface area contributed by atoms with Crippen LogP contribution in [0.1, 0.15) is 44.1 Å². The average Bonchev–Trinajstić information content (AvgIpc) is 2.98. The molecule has 0 radical (unpaired) electrons. The van der Waals surface area contributed by atoms with Crippen LogP contribution in [-0.4, -0.2) is 31.1 Å². The lowest BCUT2D eigenvalue weighted by molar-refractivity contribution is -0.119. The number of hydrogen-bond acceptors (Lipinski definition) is 3. The fraction of sp³-hybridized carbons (Fsp3) is 0.480. The highest BCUT2D eigenvalue weighted by atomic mass is 35.5. The zero-order valence-electron chi connectivity index (χ0n) is 17.9. The van der Waals surface area contributed by atoms with E-state index < -0.39 is 0 Å². The van der Waals surface area contributed by atoms with E-state index in [0.717, 1.165) is 44.6 Å². The van der Waals surface area contributed by atoms with E-state index in [1.807, 2.05) is 0 Å². The molecule has 2 bridgehead atoms. The van der Waals surface area contributed by atoms with Crippen molar-refractivity contribution in [2.24, 2.45) is 5.92 Å². The topological polar surface area (TPSA) is 35.6 Å². The van der Waals surface area contributed by atoms with Gasteiger partial charge < -0.3 is 15.1 Å². The van der Waals surface area contributed by atoms with E-state index in [4.69, 9.17) is 0 Å². The van der Waals surface area contributed by atoms with Gasteiger partial charge in [-0.1, -0.05) is 42.5 Å². The van der Waals surface area contributed by atoms with Gasteiger partial charge >= 0.3 is 0 Å². The number of benzene rings is 2. The SMILES string of the molecule is Cl.Cl.O=C(CC1CC2CCC(C1)N2)N1CCCN(Cc2ccccc2)c2ccccc21. The Morgan fingerprint density at radius 3 is 2.23 bits per heavy atom. The summed E-state index contributed by atoms with van der Waals surface area (Å²) in [5.74, 6) is 0.849. The maximum Gasteiger partial charge on any atom is 0.227 e. The molecule has 0 saturated carbocycles. The van der Waals surface area contributed by atoms with Gasteiger partial charge in [0.1, 0.15) is 0 Å². The fourth-order valence-corrected chi connectivity index (χ4v) is 5.55. The predicted molar refractivity (Wildman–Crippen MR) is 133 cm³/mol. The van der Waals surface area contributed by atoms with E-state index in [2.05, 4.69) is 69.7 Å². The third-order valence-electron chi connectivity index (χ3n) is 6.87. The van der Waals surface area contributed by atoms with Crippen molar-refractivity contribution in [1.82, 2.24) is 5.32 Å². The van der Waals surface area contributed by atoms with E-state index in [1.165, 1.54) is 24.1 Å². The average molecular weight is 462 g/mol. The number of carbonyl (C=O) groups excluding carboxylic acids is 1. The summed E-state index contributed by atoms with van der Waals surface area (Å²) in [6, 6.07) is 20.4. The van der Waals surface area contributed by atoms with Crippen molar-refractivity contribution in [3.8, 4) is 0 Å². The number of carbonyl (C=O) groups is 1. The minimum absolute atomic E-state index is 0. The van der Waals surface area contributed by atoms with Crippen LogP contribution in [0.25, 0.3) is 0 Å². The third-order valence-corrected chi connectivity index (χ3v) is 6.87. The molecule has 2 aromatic rings. The molecule has 4 nitrogen and oxygen atoms in total. The van der Waals surface area contributed by atoms with Gasteiger partial charge in [-0.25, -0.2) is 0 Å². The van der Waals surface area contributed by atoms with Crippen LogP contribution in [0.4, 0.5) is 11.4 Å². The van der Waals surface area contributed by atoms with Crippen molar-refractivity contribution in [2.75, 3.05) is 22.9 Å². The number of rotatable bonds is 4. The zero-order chi connectivity index (χ0) is 19.6. The van der Waals surface area contributed by atoms with Crippen molar-refractivity contribution < 1.29 is 4.79 Å². The largest absolute Gasteiger partial charge is 0.365 e. The Morgan fingerprint density at radius 2 is 1.52 bits per heavy atom. The van der Waals surface area contributed by atoms with Crippen LogP contribution in [0.3, 0.4) is 0 Å². The summed E-state index contributed by atoms with van der Waals surface area (Å²) >= 11 is 0. The van der Waals surface area contributed by atoms with Gasteiger partial charge in [-0.15, -0.1) is 24.8 Å². The number of hydrogen-bond donors (Lipinski definition) is 1. The lowest BCUT2D eigenvalue weighted by Crippen LogP contribution is -2.40. The predicted octanol–water partition coefficient (Wildman–Crippen LogP) is 5.19. The van der Waals surface area contributed by atoms with E-state index in [1.54, 1.807) is 0 Å². The molecule has 3 aliphatic heterocycles. The molecule has 2 atom stereocenters. The first-order valence-corrected chi connectivity index (χ1v) is 11.2. The molecule has 1 N–H and O–H groups in total. The molecule has 0 aromatic heterocycles. The lowest BCUT2D eigenvalue weighted by atomic mass is 9.89. The van der Waals surface area contributed by atoms with Crippen LogP contribution in [0.15, 0.2) is 54.6 Å². The van der Waals surface area contributed by atoms with E-state index in [9.17, 15) is 4.79 Å². The van der Waals surface area contributed by atoms with Gasteiger partial charge in [0.05, 0.1) is 11.4 Å². The highest BCUT2D eigenvalue weighted by Gasteiger charge is 2.35. The highest BCUT2D eigenvalue weighted by molar-refractivity contribution is 5.97. The number of piperidine rings is 1. The summed E-state index contributed by atoms with van der Waals surface area (Å²) in [6.45, 7) is 2.68. The van der Waals surface area contributed by atoms with Gasteiger partial charge in [0.15, 0.2) is 0 Å². The Balaban J connectivity index is 0.00000136. The normalized spacial score (nSPS) is 24.5. The number of fused-ring (bicyclic) bond motifs is 3. The standard InChI is InChI=1S/C25H31N3O.2ClH/c29-25(17-20-15-21-11-12-22(16-20)26-21)28-14-6-13-27(18-19-7-2-1-3-8-19)23-9-4-5-10-24(23)28;;/h1-5,7-10,20-22,26H,6,11-18H2;2*1H. The first-order valence-electron chi connectivity index (χ1n) is 11.2. The molecule has 3 heterocycles. The maximum absolute atomic E-state index is 13.4. The molecular formula is C25H33Cl2N3O. The van der Waals surface area contributed by atoms with Crippen LogP contribution in [0, 0.1) is 5.92 Å². The molecule has 31 heavy (non-hydrogen) atoms. The zero-order valence-corrected chi connectivity index (χ0v) is 19.5. The molecule has 2 unspecified atom stereocenters. The summed E-state index contributed by atoms with van der Waals surface area (Å²) in [7, 11) is 0. The number of nitrogens with zero attached hydrogens (tertiary/aromatic N) is 2. The smallest absolute Gasteiger partial charge is 0.227 e. The Labute approximate surface area is 198 Å². The number of nitrogens with one attached hydrogen (secondary N) is 1. The van der Waals surface area contributed by atoms with Gasteiger partial charge in [-0.05, 0) is 55.7 Å². The third kappa shape index (κ3) is 5.36. The Morgan fingerprint density at radius 1 is 0.871 bits per heavy atom. The number of amides is 1. The lowest BCUT2D eigenvalue weighted by Gasteiger charge is -2.31. The van der Waals surface area contributed by atoms with Gasteiger partial charge in [0.2, 0.25) is 5.91 Å². The van der Waals surface area contributed by atoms with Crippen molar-refractivity contribution in [1.29, 1.82) is 0 Å². The number of anilines is 2. The van der Waals surface area contributed by atoms with Crippen molar-refractivity contribution >= 4 is 42.1 Å². The monoisotopic (exact) mass is 461 g/mol. The summed E-state index contributed by atoms with van der Waals surface area (Å²) in [5.41, 5.74) is 3.59. The molecule has 3 aliphatic rings. The highest BCUT2D eigenvalue weighted by Crippen LogP contribution is 2.36. The second-order valence-corrected chi connectivity index (χ2v) is 8.97. The first kappa shape index (κ1) is 23.9. The van der Waals surface area contributed by atoms with Crippen molar-refractivity contribution in [2.45, 2.75) is 57.2 Å². The molecule has 2 fully saturated rings. The molecule has 0 spiro atoms. The second-order valence-electron chi connectivity index (χ2n) is 8.97. The fourth-order valence-electron chi connectivity index (χ4n) is 5.55. The Bertz CT molecular complexity index is 851. The molecule has 168 valence electrons. The van der Waals surface area contributed by atoms with E-state index >= 15 is 0 Å². The molecular weight excluding hydrogens is 429 g/mol. The maximum atomic E-state index is 13.4. The molecule has 2 saturated heterocycles. The van der Waals surface area contributed by atoms with Crippen LogP contribution < -0.4 is 15.1 Å². The minimum atomic E-state index is 0. The van der Waals surface area contributed by atoms with Crippen LogP contribution in [0.5, 0.6) is 0 Å². The van der Waals surface area contributed by atoms with Crippen LogP contribution >= 0.6 is 24.8 Å². The Kier molecular flexibility index (Phi) is 8.26. The van der Waals surface area contributed by atoms with E-state index in [0.29, 0.717) is 30.3 Å². The second kappa shape index (κ2) is 10.7. The van der Waals surface area contributed by atoms with Crippen LogP contribution in [0.2, 0.25) is 0 Å². The molecule has 2 aromatic carbocycles. The number of para-hydroxylation sites is 2. The summed E-state index contributed by atoms with van der Waals surface area (Å²) in [5, 5.41) is 3.70. The van der Waals surface area contributed by atoms with E-state index in [-0.39, 0.29) is 24.8 Å². The molecule has 6 heteroatoms. The summed E-state index contributed by atoms with van der Waals surface area (Å²) in [4.78, 5) is 17.9. The molecule has 1 amide bonds. The van der Waals surface area contributed by atoms with Gasteiger partial charge in [-0.2, -0.15) is 0 Å². The van der Waals surface area contributed by atoms with Crippen LogP contribution in [-0.2, 0) is 11.3 Å². The van der Waals surface area contributed by atoms with Crippen molar-refractivity contribution in [3.63, 3.8) is 0 Å². The summed E-state index contributed by atoms with van der Waals surface area (Å²) < 4.78 is 0.